The molecule has 3 heterocycles. The molecule has 1 amide bonds. The number of hydrogen-bond acceptors (Lipinski definition) is 5. The molecule has 0 saturated carbocycles. The maximum absolute atomic E-state index is 12.8. The molecule has 4 rings (SSSR count). The Kier molecular flexibility index (Phi) is 3.88. The summed E-state index contributed by atoms with van der Waals surface area (Å²) in [6.07, 6.45) is 0. The molecule has 25 heavy (non-hydrogen) atoms. The molecule has 2 aromatic rings. The van der Waals surface area contributed by atoms with Gasteiger partial charge in [0.15, 0.2) is 11.6 Å². The van der Waals surface area contributed by atoms with Crippen molar-refractivity contribution in [2.24, 2.45) is 9.98 Å². The highest BCUT2D eigenvalue weighted by molar-refractivity contribution is 6.30. The number of benzene rings is 1. The fraction of sp³-hybridized carbons (Fsp3) is 0.353. The van der Waals surface area contributed by atoms with E-state index in [0.29, 0.717) is 30.2 Å². The number of amidine groups is 1. The molecule has 1 unspecified atom stereocenters. The number of fused-ring (bicyclic) bond motifs is 1. The SMILES string of the molecule is CC1=NCC(c2nnc3n2CCN(C(=O)c2ccc(Cl)cc2)C3C)=N1. The summed E-state index contributed by atoms with van der Waals surface area (Å²) in [7, 11) is 0. The second-order valence-electron chi connectivity index (χ2n) is 6.14. The molecule has 2 aliphatic heterocycles. The van der Waals surface area contributed by atoms with E-state index >= 15 is 0 Å². The van der Waals surface area contributed by atoms with Crippen LogP contribution in [0, 0.1) is 0 Å². The van der Waals surface area contributed by atoms with Crippen LogP contribution in [-0.2, 0) is 6.54 Å². The highest BCUT2D eigenvalue weighted by Gasteiger charge is 2.33. The van der Waals surface area contributed by atoms with Gasteiger partial charge >= 0.3 is 0 Å². The van der Waals surface area contributed by atoms with E-state index < -0.39 is 0 Å². The van der Waals surface area contributed by atoms with Crippen molar-refractivity contribution in [2.75, 3.05) is 13.1 Å². The molecule has 1 aromatic heterocycles. The molecule has 0 radical (unpaired) electrons. The molecule has 2 aliphatic rings. The average molecular weight is 357 g/mol. The van der Waals surface area contributed by atoms with E-state index in [0.717, 1.165) is 23.2 Å². The van der Waals surface area contributed by atoms with Gasteiger partial charge in [0.1, 0.15) is 11.5 Å². The molecule has 1 aromatic carbocycles. The quantitative estimate of drug-likeness (QED) is 0.829. The Bertz CT molecular complexity index is 898. The van der Waals surface area contributed by atoms with Gasteiger partial charge < -0.3 is 9.47 Å². The average Bonchev–Trinajstić information content (AvgIpc) is 3.21. The van der Waals surface area contributed by atoms with E-state index in [1.165, 1.54) is 0 Å². The molecule has 0 N–H and O–H groups in total. The van der Waals surface area contributed by atoms with Gasteiger partial charge in [-0.2, -0.15) is 0 Å². The Morgan fingerprint density at radius 2 is 1.96 bits per heavy atom. The summed E-state index contributed by atoms with van der Waals surface area (Å²) in [4.78, 5) is 23.3. The molecular formula is C17H17ClN6O. The molecule has 0 bridgehead atoms. The van der Waals surface area contributed by atoms with E-state index in [1.54, 1.807) is 24.3 Å². The lowest BCUT2D eigenvalue weighted by molar-refractivity contribution is 0.0637. The zero-order valence-corrected chi connectivity index (χ0v) is 14.7. The summed E-state index contributed by atoms with van der Waals surface area (Å²) < 4.78 is 2.04. The van der Waals surface area contributed by atoms with Crippen molar-refractivity contribution >= 4 is 29.1 Å². The molecule has 1 atom stereocenters. The van der Waals surface area contributed by atoms with E-state index in [9.17, 15) is 4.79 Å². The molecule has 8 heteroatoms. The van der Waals surface area contributed by atoms with Crippen molar-refractivity contribution in [2.45, 2.75) is 26.4 Å². The van der Waals surface area contributed by atoms with Crippen LogP contribution in [0.1, 0.15) is 41.9 Å². The number of amides is 1. The molecule has 0 saturated heterocycles. The van der Waals surface area contributed by atoms with Crippen LogP contribution in [0.3, 0.4) is 0 Å². The third-order valence-corrected chi connectivity index (χ3v) is 4.80. The molecule has 0 spiro atoms. The second-order valence-corrected chi connectivity index (χ2v) is 6.57. The van der Waals surface area contributed by atoms with Crippen molar-refractivity contribution < 1.29 is 4.79 Å². The minimum atomic E-state index is -0.165. The number of carbonyl (C=O) groups excluding carboxylic acids is 1. The number of nitrogens with zero attached hydrogens (tertiary/aromatic N) is 6. The second kappa shape index (κ2) is 6.07. The Morgan fingerprint density at radius 3 is 2.64 bits per heavy atom. The summed E-state index contributed by atoms with van der Waals surface area (Å²) in [6, 6.07) is 6.78. The van der Waals surface area contributed by atoms with Crippen LogP contribution in [0.5, 0.6) is 0 Å². The summed E-state index contributed by atoms with van der Waals surface area (Å²) in [6.45, 7) is 5.60. The van der Waals surface area contributed by atoms with Crippen molar-refractivity contribution in [3.63, 3.8) is 0 Å². The van der Waals surface area contributed by atoms with Crippen molar-refractivity contribution in [1.29, 1.82) is 0 Å². The lowest BCUT2D eigenvalue weighted by Crippen LogP contribution is -2.41. The number of rotatable bonds is 2. The summed E-state index contributed by atoms with van der Waals surface area (Å²) in [5.41, 5.74) is 1.45. The van der Waals surface area contributed by atoms with Crippen LogP contribution < -0.4 is 0 Å². The van der Waals surface area contributed by atoms with Crippen molar-refractivity contribution in [3.8, 4) is 0 Å². The van der Waals surface area contributed by atoms with Crippen LogP contribution >= 0.6 is 11.6 Å². The molecule has 128 valence electrons. The summed E-state index contributed by atoms with van der Waals surface area (Å²) >= 11 is 5.91. The van der Waals surface area contributed by atoms with Crippen LogP contribution in [0.25, 0.3) is 0 Å². The lowest BCUT2D eigenvalue weighted by atomic mass is 10.1. The van der Waals surface area contributed by atoms with Gasteiger partial charge in [-0.3, -0.25) is 9.79 Å². The van der Waals surface area contributed by atoms with Gasteiger partial charge in [0, 0.05) is 23.7 Å². The van der Waals surface area contributed by atoms with Crippen molar-refractivity contribution in [3.05, 3.63) is 46.5 Å². The summed E-state index contributed by atoms with van der Waals surface area (Å²) in [5, 5.41) is 9.22. The first-order valence-corrected chi connectivity index (χ1v) is 8.51. The maximum Gasteiger partial charge on any atom is 0.254 e. The number of carbonyl (C=O) groups is 1. The predicted octanol–water partition coefficient (Wildman–Crippen LogP) is 2.37. The van der Waals surface area contributed by atoms with Gasteiger partial charge in [-0.05, 0) is 38.1 Å². The highest BCUT2D eigenvalue weighted by Crippen LogP contribution is 2.27. The van der Waals surface area contributed by atoms with E-state index in [-0.39, 0.29) is 11.9 Å². The third-order valence-electron chi connectivity index (χ3n) is 4.55. The summed E-state index contributed by atoms with van der Waals surface area (Å²) in [5.74, 6) is 2.25. The predicted molar refractivity (Wildman–Crippen MR) is 95.4 cm³/mol. The van der Waals surface area contributed by atoms with Gasteiger partial charge in [-0.15, -0.1) is 10.2 Å². The first-order valence-electron chi connectivity index (χ1n) is 8.13. The number of halogens is 1. The van der Waals surface area contributed by atoms with Gasteiger partial charge in [-0.1, -0.05) is 11.6 Å². The minimum Gasteiger partial charge on any atom is -0.327 e. The Labute approximate surface area is 150 Å². The Hall–Kier alpha value is -2.54. The number of hydrogen-bond donors (Lipinski definition) is 0. The van der Waals surface area contributed by atoms with Crippen molar-refractivity contribution in [1.82, 2.24) is 19.7 Å². The van der Waals surface area contributed by atoms with Gasteiger partial charge in [0.2, 0.25) is 0 Å². The normalized spacial score (nSPS) is 19.5. The fourth-order valence-electron chi connectivity index (χ4n) is 3.21. The van der Waals surface area contributed by atoms with Gasteiger partial charge in [-0.25, -0.2) is 4.99 Å². The van der Waals surface area contributed by atoms with E-state index in [2.05, 4.69) is 20.2 Å². The topological polar surface area (TPSA) is 75.7 Å². The molecule has 7 nitrogen and oxygen atoms in total. The first-order chi connectivity index (χ1) is 12.0. The highest BCUT2D eigenvalue weighted by atomic mass is 35.5. The van der Waals surface area contributed by atoms with Gasteiger partial charge in [0.05, 0.1) is 12.6 Å². The van der Waals surface area contributed by atoms with Crippen LogP contribution in [-0.4, -0.2) is 50.2 Å². The zero-order valence-electron chi connectivity index (χ0n) is 14.0. The van der Waals surface area contributed by atoms with Crippen LogP contribution in [0.4, 0.5) is 0 Å². The molecule has 0 aliphatic carbocycles. The minimum absolute atomic E-state index is 0.0302. The molecular weight excluding hydrogens is 340 g/mol. The van der Waals surface area contributed by atoms with E-state index in [4.69, 9.17) is 11.6 Å². The standard InChI is InChI=1S/C17H17ClN6O/c1-10-15-21-22-16(14-9-19-11(2)20-14)24(15)8-7-23(10)17(25)12-3-5-13(18)6-4-12/h3-6,10H,7-9H2,1-2H3. The molecule has 0 fully saturated rings. The maximum atomic E-state index is 12.8. The van der Waals surface area contributed by atoms with E-state index in [1.807, 2.05) is 23.3 Å². The largest absolute Gasteiger partial charge is 0.327 e. The Morgan fingerprint density at radius 1 is 1.20 bits per heavy atom. The number of aromatic nitrogens is 3. The first kappa shape index (κ1) is 16.0. The fourth-order valence-corrected chi connectivity index (χ4v) is 3.34. The smallest absolute Gasteiger partial charge is 0.254 e. The third kappa shape index (κ3) is 2.74. The van der Waals surface area contributed by atoms with Crippen LogP contribution in [0.2, 0.25) is 5.02 Å². The monoisotopic (exact) mass is 356 g/mol. The Balaban J connectivity index is 1.61. The van der Waals surface area contributed by atoms with Crippen LogP contribution in [0.15, 0.2) is 34.3 Å². The lowest BCUT2D eigenvalue weighted by Gasteiger charge is -2.33. The number of aliphatic imine (C=N–C) groups is 2. The zero-order chi connectivity index (χ0) is 17.6. The van der Waals surface area contributed by atoms with Gasteiger partial charge in [0.25, 0.3) is 5.91 Å².